The first-order chi connectivity index (χ1) is 5.77. The molecule has 0 atom stereocenters. The summed E-state index contributed by atoms with van der Waals surface area (Å²) < 4.78 is 5.02. The number of hydrogen-bond acceptors (Lipinski definition) is 3. The topological polar surface area (TPSA) is 46.5 Å². The Labute approximate surface area is 69.6 Å². The highest BCUT2D eigenvalue weighted by Gasteiger charge is 2.17. The maximum absolute atomic E-state index is 11.2. The van der Waals surface area contributed by atoms with E-state index < -0.39 is 0 Å². The van der Waals surface area contributed by atoms with Crippen molar-refractivity contribution < 1.29 is 14.6 Å². The second kappa shape index (κ2) is 2.60. The molecule has 0 amide bonds. The molecule has 3 nitrogen and oxygen atoms in total. The zero-order valence-corrected chi connectivity index (χ0v) is 6.41. The van der Waals surface area contributed by atoms with Crippen LogP contribution in [0.3, 0.4) is 0 Å². The minimum absolute atomic E-state index is 0.0628. The van der Waals surface area contributed by atoms with Crippen LogP contribution in [0.2, 0.25) is 0 Å². The molecule has 0 fully saturated rings. The van der Waals surface area contributed by atoms with Crippen LogP contribution in [0.1, 0.15) is 15.9 Å². The molecule has 1 aromatic rings. The van der Waals surface area contributed by atoms with Gasteiger partial charge in [0.25, 0.3) is 0 Å². The van der Waals surface area contributed by atoms with Gasteiger partial charge in [-0.25, -0.2) is 0 Å². The number of rotatable bonds is 0. The van der Waals surface area contributed by atoms with Crippen LogP contribution >= 0.6 is 0 Å². The molecule has 1 N–H and O–H groups in total. The fourth-order valence-electron chi connectivity index (χ4n) is 1.28. The molecule has 1 heterocycles. The summed E-state index contributed by atoms with van der Waals surface area (Å²) in [4.78, 5) is 11.2. The van der Waals surface area contributed by atoms with Crippen molar-refractivity contribution in [2.45, 2.75) is 6.61 Å². The summed E-state index contributed by atoms with van der Waals surface area (Å²) in [6.07, 6.45) is 0. The zero-order chi connectivity index (χ0) is 8.55. The smallest absolute Gasteiger partial charge is 0.188 e. The van der Waals surface area contributed by atoms with Gasteiger partial charge in [0.15, 0.2) is 5.78 Å². The lowest BCUT2D eigenvalue weighted by molar-refractivity contribution is 0.0665. The Morgan fingerprint density at radius 1 is 1.33 bits per heavy atom. The van der Waals surface area contributed by atoms with Crippen LogP contribution in [-0.2, 0) is 11.3 Å². The number of benzene rings is 1. The minimum Gasteiger partial charge on any atom is -0.508 e. The predicted molar refractivity (Wildman–Crippen MR) is 42.1 cm³/mol. The molecule has 12 heavy (non-hydrogen) atoms. The summed E-state index contributed by atoms with van der Waals surface area (Å²) in [6, 6.07) is 4.75. The second-order valence-electron chi connectivity index (χ2n) is 2.76. The number of phenols is 1. The average Bonchev–Trinajstić information content (AvgIpc) is 2.07. The van der Waals surface area contributed by atoms with Gasteiger partial charge in [-0.3, -0.25) is 4.79 Å². The monoisotopic (exact) mass is 164 g/mol. The molecular weight excluding hydrogens is 156 g/mol. The molecular formula is C9H8O3. The SMILES string of the molecule is O=C1COCc2ccc(O)cc21. The maximum Gasteiger partial charge on any atom is 0.188 e. The molecule has 3 heteroatoms. The maximum atomic E-state index is 11.2. The fourth-order valence-corrected chi connectivity index (χ4v) is 1.28. The van der Waals surface area contributed by atoms with E-state index in [-0.39, 0.29) is 18.1 Å². The van der Waals surface area contributed by atoms with Crippen molar-refractivity contribution in [1.82, 2.24) is 0 Å². The van der Waals surface area contributed by atoms with Gasteiger partial charge in [0.1, 0.15) is 12.4 Å². The number of fused-ring (bicyclic) bond motifs is 1. The lowest BCUT2D eigenvalue weighted by atomic mass is 10.0. The number of ether oxygens (including phenoxy) is 1. The van der Waals surface area contributed by atoms with E-state index in [2.05, 4.69) is 0 Å². The van der Waals surface area contributed by atoms with E-state index in [4.69, 9.17) is 9.84 Å². The average molecular weight is 164 g/mol. The molecule has 0 saturated carbocycles. The summed E-state index contributed by atoms with van der Waals surface area (Å²) in [7, 11) is 0. The number of phenolic OH excluding ortho intramolecular Hbond substituents is 1. The van der Waals surface area contributed by atoms with Crippen molar-refractivity contribution in [3.8, 4) is 5.75 Å². The summed E-state index contributed by atoms with van der Waals surface area (Å²) in [5, 5.41) is 9.11. The molecule has 0 spiro atoms. The Kier molecular flexibility index (Phi) is 1.59. The normalized spacial score (nSPS) is 15.8. The molecule has 0 bridgehead atoms. The molecule has 62 valence electrons. The van der Waals surface area contributed by atoms with Crippen molar-refractivity contribution in [2.75, 3.05) is 6.61 Å². The van der Waals surface area contributed by atoms with Crippen molar-refractivity contribution in [1.29, 1.82) is 0 Å². The van der Waals surface area contributed by atoms with E-state index in [0.717, 1.165) is 5.56 Å². The van der Waals surface area contributed by atoms with Crippen molar-refractivity contribution >= 4 is 5.78 Å². The van der Waals surface area contributed by atoms with Crippen molar-refractivity contribution in [3.05, 3.63) is 29.3 Å². The summed E-state index contributed by atoms with van der Waals surface area (Å²) in [5.74, 6) is 0.0659. The van der Waals surface area contributed by atoms with Crippen LogP contribution in [0.5, 0.6) is 5.75 Å². The van der Waals surface area contributed by atoms with Crippen molar-refractivity contribution in [3.63, 3.8) is 0 Å². The Balaban J connectivity index is 2.54. The van der Waals surface area contributed by atoms with E-state index >= 15 is 0 Å². The van der Waals surface area contributed by atoms with Gasteiger partial charge < -0.3 is 9.84 Å². The highest BCUT2D eigenvalue weighted by Crippen LogP contribution is 2.21. The Hall–Kier alpha value is -1.35. The summed E-state index contributed by atoms with van der Waals surface area (Å²) >= 11 is 0. The lowest BCUT2D eigenvalue weighted by Gasteiger charge is -2.14. The molecule has 0 aromatic heterocycles. The Bertz CT molecular complexity index is 331. The van der Waals surface area contributed by atoms with Crippen molar-refractivity contribution in [2.24, 2.45) is 0 Å². The molecule has 2 rings (SSSR count). The van der Waals surface area contributed by atoms with Crippen LogP contribution in [0.25, 0.3) is 0 Å². The number of aromatic hydroxyl groups is 1. The van der Waals surface area contributed by atoms with Gasteiger partial charge >= 0.3 is 0 Å². The van der Waals surface area contributed by atoms with Gasteiger partial charge in [-0.2, -0.15) is 0 Å². The second-order valence-corrected chi connectivity index (χ2v) is 2.76. The lowest BCUT2D eigenvalue weighted by Crippen LogP contribution is -2.17. The molecule has 0 radical (unpaired) electrons. The van der Waals surface area contributed by atoms with Gasteiger partial charge in [0.05, 0.1) is 6.61 Å². The molecule has 1 aliphatic rings. The van der Waals surface area contributed by atoms with E-state index in [9.17, 15) is 4.79 Å². The number of carbonyl (C=O) groups is 1. The van der Waals surface area contributed by atoms with Gasteiger partial charge in [0, 0.05) is 5.56 Å². The number of carbonyl (C=O) groups excluding carboxylic acids is 1. The highest BCUT2D eigenvalue weighted by atomic mass is 16.5. The molecule has 0 saturated heterocycles. The molecule has 0 aliphatic carbocycles. The molecule has 1 aliphatic heterocycles. The highest BCUT2D eigenvalue weighted by molar-refractivity contribution is 5.99. The van der Waals surface area contributed by atoms with Gasteiger partial charge in [-0.05, 0) is 17.7 Å². The third kappa shape index (κ3) is 1.08. The first-order valence-corrected chi connectivity index (χ1v) is 3.70. The van der Waals surface area contributed by atoms with Crippen LogP contribution in [-0.4, -0.2) is 17.5 Å². The largest absolute Gasteiger partial charge is 0.508 e. The first-order valence-electron chi connectivity index (χ1n) is 3.70. The van der Waals surface area contributed by atoms with Gasteiger partial charge in [-0.1, -0.05) is 6.07 Å². The van der Waals surface area contributed by atoms with Crippen LogP contribution in [0.4, 0.5) is 0 Å². The number of Topliss-reactive ketones (excluding diaryl/α,β-unsaturated/α-hetero) is 1. The van der Waals surface area contributed by atoms with Gasteiger partial charge in [0.2, 0.25) is 0 Å². The zero-order valence-electron chi connectivity index (χ0n) is 6.41. The number of ketones is 1. The third-order valence-corrected chi connectivity index (χ3v) is 1.88. The van der Waals surface area contributed by atoms with Gasteiger partial charge in [-0.15, -0.1) is 0 Å². The first kappa shape index (κ1) is 7.31. The van der Waals surface area contributed by atoms with Crippen LogP contribution in [0.15, 0.2) is 18.2 Å². The standard InChI is InChI=1S/C9H8O3/c10-7-2-1-6-4-12-5-9(11)8(6)3-7/h1-3,10H,4-5H2. The minimum atomic E-state index is -0.0628. The third-order valence-electron chi connectivity index (χ3n) is 1.88. The summed E-state index contributed by atoms with van der Waals surface area (Å²) in [6.45, 7) is 0.581. The van der Waals surface area contributed by atoms with E-state index in [1.807, 2.05) is 0 Å². The van der Waals surface area contributed by atoms with Crippen LogP contribution < -0.4 is 0 Å². The van der Waals surface area contributed by atoms with E-state index in [1.54, 1.807) is 12.1 Å². The number of hydrogen-bond donors (Lipinski definition) is 1. The molecule has 1 aromatic carbocycles. The Morgan fingerprint density at radius 3 is 3.00 bits per heavy atom. The predicted octanol–water partition coefficient (Wildman–Crippen LogP) is 1.11. The van der Waals surface area contributed by atoms with E-state index in [1.165, 1.54) is 6.07 Å². The van der Waals surface area contributed by atoms with E-state index in [0.29, 0.717) is 12.2 Å². The fraction of sp³-hybridized carbons (Fsp3) is 0.222. The molecule has 0 unspecified atom stereocenters. The Morgan fingerprint density at radius 2 is 2.17 bits per heavy atom. The van der Waals surface area contributed by atoms with Crippen LogP contribution in [0, 0.1) is 0 Å². The summed E-state index contributed by atoms with van der Waals surface area (Å²) in [5.41, 5.74) is 1.44. The quantitative estimate of drug-likeness (QED) is 0.624.